The van der Waals surface area contributed by atoms with Crippen LogP contribution in [0.25, 0.3) is 5.69 Å². The fourth-order valence-corrected chi connectivity index (χ4v) is 3.46. The lowest BCUT2D eigenvalue weighted by Crippen LogP contribution is -2.45. The molecule has 1 aliphatic heterocycles. The van der Waals surface area contributed by atoms with E-state index in [0.717, 1.165) is 0 Å². The van der Waals surface area contributed by atoms with Crippen molar-refractivity contribution in [2.75, 3.05) is 25.0 Å². The molecule has 2 N–H and O–H groups in total. The molecule has 2 aromatic rings. The molecule has 0 radical (unpaired) electrons. The molecule has 1 fully saturated rings. The van der Waals surface area contributed by atoms with Crippen LogP contribution in [0.4, 0.5) is 10.5 Å². The molecular formula is C22H29N5O4. The average molecular weight is 428 g/mol. The van der Waals surface area contributed by atoms with Gasteiger partial charge in [0.1, 0.15) is 0 Å². The van der Waals surface area contributed by atoms with Crippen molar-refractivity contribution >= 4 is 23.6 Å². The Kier molecular flexibility index (Phi) is 7.28. The number of hydrogen-bond donors (Lipinski definition) is 2. The molecule has 0 saturated carbocycles. The van der Waals surface area contributed by atoms with Crippen molar-refractivity contribution in [1.29, 1.82) is 0 Å². The highest BCUT2D eigenvalue weighted by atomic mass is 16.5. The molecule has 0 unspecified atom stereocenters. The molecule has 2 heterocycles. The number of piperidine rings is 1. The van der Waals surface area contributed by atoms with Crippen LogP contribution in [0.15, 0.2) is 36.5 Å². The second-order valence-electron chi connectivity index (χ2n) is 7.77. The third-order valence-corrected chi connectivity index (χ3v) is 5.02. The summed E-state index contributed by atoms with van der Waals surface area (Å²) in [6, 6.07) is 8.71. The van der Waals surface area contributed by atoms with Crippen LogP contribution in [0.5, 0.6) is 0 Å². The van der Waals surface area contributed by atoms with Gasteiger partial charge in [-0.3, -0.25) is 4.79 Å². The van der Waals surface area contributed by atoms with Crippen molar-refractivity contribution in [3.05, 3.63) is 42.2 Å². The number of esters is 1. The number of nitrogens with one attached hydrogen (secondary N) is 2. The average Bonchev–Trinajstić information content (AvgIpc) is 3.24. The second-order valence-corrected chi connectivity index (χ2v) is 7.77. The van der Waals surface area contributed by atoms with E-state index in [2.05, 4.69) is 15.7 Å². The summed E-state index contributed by atoms with van der Waals surface area (Å²) in [4.78, 5) is 38.4. The third kappa shape index (κ3) is 5.84. The molecule has 1 aromatic carbocycles. The molecule has 3 amide bonds. The highest BCUT2D eigenvalue weighted by molar-refractivity contribution is 5.90. The number of likely N-dealkylation sites (tertiary alicyclic amines) is 1. The number of urea groups is 1. The van der Waals surface area contributed by atoms with E-state index in [-0.39, 0.29) is 36.2 Å². The van der Waals surface area contributed by atoms with Gasteiger partial charge in [-0.25, -0.2) is 14.3 Å². The van der Waals surface area contributed by atoms with Gasteiger partial charge in [0.25, 0.3) is 0 Å². The number of carbonyl (C=O) groups excluding carboxylic acids is 3. The summed E-state index contributed by atoms with van der Waals surface area (Å²) in [7, 11) is 0. The molecule has 0 aliphatic carbocycles. The summed E-state index contributed by atoms with van der Waals surface area (Å²) < 4.78 is 6.52. The minimum atomic E-state index is -0.476. The first kappa shape index (κ1) is 22.3. The monoisotopic (exact) mass is 427 g/mol. The molecule has 9 nitrogen and oxygen atoms in total. The van der Waals surface area contributed by atoms with Crippen LogP contribution in [0.2, 0.25) is 0 Å². The Morgan fingerprint density at radius 1 is 1.19 bits per heavy atom. The van der Waals surface area contributed by atoms with E-state index in [4.69, 9.17) is 4.74 Å². The van der Waals surface area contributed by atoms with Gasteiger partial charge in [-0.15, -0.1) is 0 Å². The second kappa shape index (κ2) is 10.1. The zero-order valence-electron chi connectivity index (χ0n) is 18.1. The molecule has 1 saturated heterocycles. The molecule has 0 spiro atoms. The number of aromatic nitrogens is 2. The van der Waals surface area contributed by atoms with E-state index in [9.17, 15) is 14.4 Å². The van der Waals surface area contributed by atoms with Gasteiger partial charge in [0.2, 0.25) is 5.91 Å². The Morgan fingerprint density at radius 2 is 1.94 bits per heavy atom. The molecule has 1 aliphatic rings. The van der Waals surface area contributed by atoms with E-state index in [0.29, 0.717) is 37.3 Å². The van der Waals surface area contributed by atoms with Gasteiger partial charge in [0.05, 0.1) is 12.3 Å². The maximum atomic E-state index is 12.7. The van der Waals surface area contributed by atoms with Crippen molar-refractivity contribution in [3.8, 4) is 5.69 Å². The van der Waals surface area contributed by atoms with Gasteiger partial charge in [-0.1, -0.05) is 6.07 Å². The van der Waals surface area contributed by atoms with Gasteiger partial charge in [-0.2, -0.15) is 5.10 Å². The predicted molar refractivity (Wildman–Crippen MR) is 116 cm³/mol. The first-order chi connectivity index (χ1) is 14.9. The minimum absolute atomic E-state index is 0.0526. The summed E-state index contributed by atoms with van der Waals surface area (Å²) in [5.41, 5.74) is 1.55. The molecular weight excluding hydrogens is 398 g/mol. The fraction of sp³-hybridized carbons (Fsp3) is 0.455. The number of amides is 3. The number of rotatable bonds is 6. The number of anilines is 1. The van der Waals surface area contributed by atoms with Crippen LogP contribution in [0.1, 0.15) is 44.1 Å². The Hall–Kier alpha value is -3.36. The van der Waals surface area contributed by atoms with Crippen LogP contribution < -0.4 is 10.6 Å². The molecule has 1 aromatic heterocycles. The zero-order chi connectivity index (χ0) is 22.4. The van der Waals surface area contributed by atoms with Crippen molar-refractivity contribution < 1.29 is 19.1 Å². The number of ether oxygens (including phenoxy) is 1. The van der Waals surface area contributed by atoms with Crippen LogP contribution in [0, 0.1) is 5.92 Å². The SMILES string of the molecule is CCOC(=O)c1ccn(-c2cccc(NC(=O)N3CCC(C(=O)NC(C)C)CC3)c2)n1. The molecule has 166 valence electrons. The van der Waals surface area contributed by atoms with Crippen LogP contribution >= 0.6 is 0 Å². The smallest absolute Gasteiger partial charge is 0.358 e. The lowest BCUT2D eigenvalue weighted by atomic mass is 9.96. The largest absolute Gasteiger partial charge is 0.461 e. The quantitative estimate of drug-likeness (QED) is 0.690. The lowest BCUT2D eigenvalue weighted by Gasteiger charge is -2.31. The summed E-state index contributed by atoms with van der Waals surface area (Å²) >= 11 is 0. The van der Waals surface area contributed by atoms with Crippen LogP contribution in [-0.2, 0) is 9.53 Å². The minimum Gasteiger partial charge on any atom is -0.461 e. The van der Waals surface area contributed by atoms with Crippen molar-refractivity contribution in [1.82, 2.24) is 20.0 Å². The fourth-order valence-electron chi connectivity index (χ4n) is 3.46. The maximum absolute atomic E-state index is 12.7. The normalized spacial score (nSPS) is 14.4. The van der Waals surface area contributed by atoms with E-state index >= 15 is 0 Å². The van der Waals surface area contributed by atoms with E-state index < -0.39 is 5.97 Å². The summed E-state index contributed by atoms with van der Waals surface area (Å²) in [5, 5.41) is 10.1. The maximum Gasteiger partial charge on any atom is 0.358 e. The van der Waals surface area contributed by atoms with Crippen LogP contribution in [0.3, 0.4) is 0 Å². The third-order valence-electron chi connectivity index (χ3n) is 5.02. The van der Waals surface area contributed by atoms with E-state index in [1.165, 1.54) is 0 Å². The van der Waals surface area contributed by atoms with Gasteiger partial charge < -0.3 is 20.3 Å². The number of carbonyl (C=O) groups is 3. The van der Waals surface area contributed by atoms with Gasteiger partial charge >= 0.3 is 12.0 Å². The van der Waals surface area contributed by atoms with E-state index in [1.807, 2.05) is 19.9 Å². The molecule has 0 atom stereocenters. The Balaban J connectivity index is 1.58. The topological polar surface area (TPSA) is 106 Å². The van der Waals surface area contributed by atoms with Crippen molar-refractivity contribution in [2.24, 2.45) is 5.92 Å². The molecule has 31 heavy (non-hydrogen) atoms. The predicted octanol–water partition coefficient (Wildman–Crippen LogP) is 2.82. The Bertz CT molecular complexity index is 931. The molecule has 9 heteroatoms. The number of nitrogens with zero attached hydrogens (tertiary/aromatic N) is 3. The number of benzene rings is 1. The van der Waals surface area contributed by atoms with Crippen molar-refractivity contribution in [2.45, 2.75) is 39.7 Å². The summed E-state index contributed by atoms with van der Waals surface area (Å²) in [6.45, 7) is 6.97. The molecule has 3 rings (SSSR count). The standard InChI is InChI=1S/C22H29N5O4/c1-4-31-21(29)19-10-13-27(25-19)18-7-5-6-17(14-18)24-22(30)26-11-8-16(9-12-26)20(28)23-15(2)3/h5-7,10,13-16H,4,8-9,11-12H2,1-3H3,(H,23,28)(H,24,30). The van der Waals surface area contributed by atoms with Gasteiger partial charge in [0.15, 0.2) is 5.69 Å². The first-order valence-corrected chi connectivity index (χ1v) is 10.6. The Labute approximate surface area is 181 Å². The highest BCUT2D eigenvalue weighted by Gasteiger charge is 2.27. The zero-order valence-corrected chi connectivity index (χ0v) is 18.1. The van der Waals surface area contributed by atoms with Crippen LogP contribution in [-0.4, -0.2) is 58.3 Å². The Morgan fingerprint density at radius 3 is 2.61 bits per heavy atom. The van der Waals surface area contributed by atoms with Crippen molar-refractivity contribution in [3.63, 3.8) is 0 Å². The number of hydrogen-bond acceptors (Lipinski definition) is 5. The van der Waals surface area contributed by atoms with Gasteiger partial charge in [-0.05, 0) is 57.9 Å². The highest BCUT2D eigenvalue weighted by Crippen LogP contribution is 2.20. The molecule has 0 bridgehead atoms. The summed E-state index contributed by atoms with van der Waals surface area (Å²) in [5.74, 6) is -0.469. The van der Waals surface area contributed by atoms with Gasteiger partial charge in [0, 0.05) is 36.9 Å². The first-order valence-electron chi connectivity index (χ1n) is 10.6. The summed E-state index contributed by atoms with van der Waals surface area (Å²) in [6.07, 6.45) is 2.96. The van der Waals surface area contributed by atoms with E-state index in [1.54, 1.807) is 47.0 Å². The lowest BCUT2D eigenvalue weighted by molar-refractivity contribution is -0.126.